The quantitative estimate of drug-likeness (QED) is 0.721. The van der Waals surface area contributed by atoms with Crippen LogP contribution in [0.15, 0.2) is 48.5 Å². The van der Waals surface area contributed by atoms with E-state index in [2.05, 4.69) is 11.8 Å². The molecule has 1 amide bonds. The Kier molecular flexibility index (Phi) is 6.60. The Morgan fingerprint density at radius 3 is 2.36 bits per heavy atom. The SMILES string of the molecule is CC(=O)c1ccccc1-c1ccc(C(=O)N(C)CC(C)N2CCOCC2)cc1. The van der Waals surface area contributed by atoms with Crippen LogP contribution in [0.3, 0.4) is 0 Å². The fraction of sp³-hybridized carbons (Fsp3) is 0.391. The van der Waals surface area contributed by atoms with E-state index in [1.165, 1.54) is 0 Å². The summed E-state index contributed by atoms with van der Waals surface area (Å²) < 4.78 is 5.40. The Hall–Kier alpha value is -2.50. The van der Waals surface area contributed by atoms with Crippen LogP contribution in [0.5, 0.6) is 0 Å². The van der Waals surface area contributed by atoms with Crippen LogP contribution in [0.25, 0.3) is 11.1 Å². The molecule has 28 heavy (non-hydrogen) atoms. The summed E-state index contributed by atoms with van der Waals surface area (Å²) in [4.78, 5) is 28.8. The van der Waals surface area contributed by atoms with E-state index < -0.39 is 0 Å². The van der Waals surface area contributed by atoms with Crippen molar-refractivity contribution in [2.45, 2.75) is 19.9 Å². The monoisotopic (exact) mass is 380 g/mol. The molecule has 0 aromatic heterocycles. The molecule has 1 atom stereocenters. The third-order valence-corrected chi connectivity index (χ3v) is 5.30. The molecular formula is C23H28N2O3. The van der Waals surface area contributed by atoms with Crippen LogP contribution in [-0.4, -0.2) is 67.4 Å². The summed E-state index contributed by atoms with van der Waals surface area (Å²) in [5.41, 5.74) is 3.17. The molecule has 3 rings (SSSR count). The number of likely N-dealkylation sites (N-methyl/N-ethyl adjacent to an activating group) is 1. The average Bonchev–Trinajstić information content (AvgIpc) is 2.73. The van der Waals surface area contributed by atoms with Crippen molar-refractivity contribution >= 4 is 11.7 Å². The van der Waals surface area contributed by atoms with Gasteiger partial charge in [0.2, 0.25) is 0 Å². The second kappa shape index (κ2) is 9.13. The van der Waals surface area contributed by atoms with Gasteiger partial charge in [-0.3, -0.25) is 14.5 Å². The number of amides is 1. The molecule has 5 nitrogen and oxygen atoms in total. The van der Waals surface area contributed by atoms with Gasteiger partial charge in [-0.1, -0.05) is 36.4 Å². The number of nitrogens with zero attached hydrogens (tertiary/aromatic N) is 2. The predicted molar refractivity (Wildman–Crippen MR) is 111 cm³/mol. The van der Waals surface area contributed by atoms with E-state index in [0.717, 1.165) is 37.4 Å². The molecule has 0 saturated carbocycles. The van der Waals surface area contributed by atoms with E-state index in [-0.39, 0.29) is 11.7 Å². The van der Waals surface area contributed by atoms with Crippen molar-refractivity contribution in [3.63, 3.8) is 0 Å². The van der Waals surface area contributed by atoms with Crippen LogP contribution in [-0.2, 0) is 4.74 Å². The summed E-state index contributed by atoms with van der Waals surface area (Å²) in [5.74, 6) is 0.0408. The van der Waals surface area contributed by atoms with Crippen molar-refractivity contribution < 1.29 is 14.3 Å². The zero-order valence-corrected chi connectivity index (χ0v) is 16.9. The minimum absolute atomic E-state index is 0.00603. The molecule has 1 aliphatic heterocycles. The highest BCUT2D eigenvalue weighted by Crippen LogP contribution is 2.24. The lowest BCUT2D eigenvalue weighted by Crippen LogP contribution is -2.47. The van der Waals surface area contributed by atoms with Crippen LogP contribution in [0, 0.1) is 0 Å². The molecule has 0 N–H and O–H groups in total. The summed E-state index contributed by atoms with van der Waals surface area (Å²) in [6.07, 6.45) is 0. The number of hydrogen-bond donors (Lipinski definition) is 0. The van der Waals surface area contributed by atoms with Gasteiger partial charge in [-0.2, -0.15) is 0 Å². The van der Waals surface area contributed by atoms with Crippen LogP contribution >= 0.6 is 0 Å². The first-order valence-electron chi connectivity index (χ1n) is 9.75. The largest absolute Gasteiger partial charge is 0.379 e. The molecule has 0 spiro atoms. The van der Waals surface area contributed by atoms with E-state index in [1.807, 2.05) is 55.6 Å². The van der Waals surface area contributed by atoms with Gasteiger partial charge in [-0.05, 0) is 37.1 Å². The number of benzene rings is 2. The van der Waals surface area contributed by atoms with Crippen LogP contribution in [0.2, 0.25) is 0 Å². The molecule has 148 valence electrons. The number of hydrogen-bond acceptors (Lipinski definition) is 4. The third-order valence-electron chi connectivity index (χ3n) is 5.30. The normalized spacial score (nSPS) is 15.8. The fourth-order valence-electron chi connectivity index (χ4n) is 3.67. The zero-order valence-electron chi connectivity index (χ0n) is 16.9. The van der Waals surface area contributed by atoms with E-state index in [4.69, 9.17) is 4.74 Å². The average molecular weight is 380 g/mol. The minimum atomic E-state index is 0.00603. The van der Waals surface area contributed by atoms with E-state index in [9.17, 15) is 9.59 Å². The van der Waals surface area contributed by atoms with E-state index >= 15 is 0 Å². The molecule has 2 aromatic rings. The van der Waals surface area contributed by atoms with Crippen LogP contribution < -0.4 is 0 Å². The second-order valence-corrected chi connectivity index (χ2v) is 7.36. The summed E-state index contributed by atoms with van der Waals surface area (Å²) in [7, 11) is 1.85. The maximum atomic E-state index is 12.8. The van der Waals surface area contributed by atoms with Crippen molar-refractivity contribution in [2.75, 3.05) is 39.9 Å². The van der Waals surface area contributed by atoms with Gasteiger partial charge in [0, 0.05) is 43.9 Å². The highest BCUT2D eigenvalue weighted by atomic mass is 16.5. The molecule has 0 aliphatic carbocycles. The maximum absolute atomic E-state index is 12.8. The molecule has 5 heteroatoms. The van der Waals surface area contributed by atoms with Gasteiger partial charge in [-0.25, -0.2) is 0 Å². The molecule has 1 fully saturated rings. The molecule has 0 bridgehead atoms. The number of carbonyl (C=O) groups is 2. The van der Waals surface area contributed by atoms with Crippen molar-refractivity contribution in [1.29, 1.82) is 0 Å². The molecule has 1 saturated heterocycles. The zero-order chi connectivity index (χ0) is 20.1. The molecule has 1 aliphatic rings. The number of carbonyl (C=O) groups excluding carboxylic acids is 2. The summed E-state index contributed by atoms with van der Waals surface area (Å²) >= 11 is 0. The second-order valence-electron chi connectivity index (χ2n) is 7.36. The van der Waals surface area contributed by atoms with Gasteiger partial charge in [0.25, 0.3) is 5.91 Å². The molecule has 0 radical (unpaired) electrons. The Morgan fingerprint density at radius 1 is 1.07 bits per heavy atom. The molecule has 1 unspecified atom stereocenters. The number of Topliss-reactive ketones (excluding diaryl/α,β-unsaturated/α-hetero) is 1. The Balaban J connectivity index is 1.69. The summed E-state index contributed by atoms with van der Waals surface area (Å²) in [5, 5.41) is 0. The summed E-state index contributed by atoms with van der Waals surface area (Å²) in [6.45, 7) is 7.73. The van der Waals surface area contributed by atoms with Gasteiger partial charge in [0.15, 0.2) is 5.78 Å². The van der Waals surface area contributed by atoms with Crippen molar-refractivity contribution in [3.05, 3.63) is 59.7 Å². The minimum Gasteiger partial charge on any atom is -0.379 e. The van der Waals surface area contributed by atoms with Gasteiger partial charge < -0.3 is 9.64 Å². The van der Waals surface area contributed by atoms with Gasteiger partial charge in [-0.15, -0.1) is 0 Å². The predicted octanol–water partition coefficient (Wildman–Crippen LogP) is 3.35. The third kappa shape index (κ3) is 4.66. The van der Waals surface area contributed by atoms with Crippen molar-refractivity contribution in [3.8, 4) is 11.1 Å². The lowest BCUT2D eigenvalue weighted by Gasteiger charge is -2.34. The van der Waals surface area contributed by atoms with E-state index in [1.54, 1.807) is 11.8 Å². The molecule has 2 aromatic carbocycles. The molecule has 1 heterocycles. The Bertz CT molecular complexity index is 826. The van der Waals surface area contributed by atoms with E-state index in [0.29, 0.717) is 23.7 Å². The number of ether oxygens (including phenoxy) is 1. The summed E-state index contributed by atoms with van der Waals surface area (Å²) in [6, 6.07) is 15.3. The lowest BCUT2D eigenvalue weighted by atomic mass is 9.96. The first-order chi connectivity index (χ1) is 13.5. The number of morpholine rings is 1. The highest BCUT2D eigenvalue weighted by molar-refractivity contribution is 6.01. The Morgan fingerprint density at radius 2 is 1.71 bits per heavy atom. The smallest absolute Gasteiger partial charge is 0.253 e. The van der Waals surface area contributed by atoms with Gasteiger partial charge in [0.05, 0.1) is 13.2 Å². The lowest BCUT2D eigenvalue weighted by molar-refractivity contribution is 0.0142. The topological polar surface area (TPSA) is 49.9 Å². The molecular weight excluding hydrogens is 352 g/mol. The first-order valence-corrected chi connectivity index (χ1v) is 9.75. The Labute approximate surface area is 166 Å². The maximum Gasteiger partial charge on any atom is 0.253 e. The van der Waals surface area contributed by atoms with Gasteiger partial charge in [0.1, 0.15) is 0 Å². The number of ketones is 1. The first kappa shape index (κ1) is 20.2. The van der Waals surface area contributed by atoms with Crippen LogP contribution in [0.1, 0.15) is 34.6 Å². The standard InChI is InChI=1S/C23H28N2O3/c1-17(25-12-14-28-15-13-25)16-24(3)23(27)20-10-8-19(9-11-20)22-7-5-4-6-21(22)18(2)26/h4-11,17H,12-16H2,1-3H3. The van der Waals surface area contributed by atoms with Crippen molar-refractivity contribution in [2.24, 2.45) is 0 Å². The highest BCUT2D eigenvalue weighted by Gasteiger charge is 2.21. The van der Waals surface area contributed by atoms with Crippen LogP contribution in [0.4, 0.5) is 0 Å². The van der Waals surface area contributed by atoms with Gasteiger partial charge >= 0.3 is 0 Å². The fourth-order valence-corrected chi connectivity index (χ4v) is 3.67. The van der Waals surface area contributed by atoms with Crippen molar-refractivity contribution in [1.82, 2.24) is 9.80 Å². The number of rotatable bonds is 6.